The summed E-state index contributed by atoms with van der Waals surface area (Å²) in [4.78, 5) is 37.9. The van der Waals surface area contributed by atoms with Gasteiger partial charge in [0.05, 0.1) is 17.8 Å². The van der Waals surface area contributed by atoms with Crippen LogP contribution in [0.2, 0.25) is 0 Å². The van der Waals surface area contributed by atoms with Gasteiger partial charge in [-0.15, -0.1) is 0 Å². The summed E-state index contributed by atoms with van der Waals surface area (Å²) < 4.78 is 5.13. The highest BCUT2D eigenvalue weighted by Gasteiger charge is 2.30. The van der Waals surface area contributed by atoms with Crippen molar-refractivity contribution in [3.05, 3.63) is 24.3 Å². The minimum atomic E-state index is -0.402. The molecule has 1 atom stereocenters. The van der Waals surface area contributed by atoms with E-state index in [0.717, 1.165) is 0 Å². The molecule has 0 spiro atoms. The zero-order chi connectivity index (χ0) is 17.9. The first-order chi connectivity index (χ1) is 11.2. The van der Waals surface area contributed by atoms with E-state index in [0.29, 0.717) is 11.4 Å². The van der Waals surface area contributed by atoms with Crippen LogP contribution in [-0.2, 0) is 19.1 Å². The van der Waals surface area contributed by atoms with E-state index in [9.17, 15) is 14.4 Å². The predicted molar refractivity (Wildman–Crippen MR) is 91.7 cm³/mol. The summed E-state index contributed by atoms with van der Waals surface area (Å²) in [5, 5.41) is 2.79. The molecule has 6 heteroatoms. The summed E-state index contributed by atoms with van der Waals surface area (Å²) in [6.07, 6.45) is 0.433. The standard InChI is InChI=1S/C18H24N2O4/c1-12-9-15(21)19-13-7-5-6-8-14(13)20(12)16(22)11-24-17(23)10-18(2,3)4/h5-8,12H,9-11H2,1-4H3,(H,19,21)/t12-/m0/s1. The molecule has 24 heavy (non-hydrogen) atoms. The van der Waals surface area contributed by atoms with E-state index in [4.69, 9.17) is 4.74 Å². The largest absolute Gasteiger partial charge is 0.456 e. The quantitative estimate of drug-likeness (QED) is 0.864. The van der Waals surface area contributed by atoms with Crippen LogP contribution in [0.15, 0.2) is 24.3 Å². The molecule has 0 fully saturated rings. The summed E-state index contributed by atoms with van der Waals surface area (Å²) in [6, 6.07) is 6.79. The lowest BCUT2D eigenvalue weighted by Gasteiger charge is -2.27. The van der Waals surface area contributed by atoms with Gasteiger partial charge in [0.15, 0.2) is 6.61 Å². The number of anilines is 2. The van der Waals surface area contributed by atoms with Crippen LogP contribution in [0.5, 0.6) is 0 Å². The first-order valence-electron chi connectivity index (χ1n) is 8.04. The lowest BCUT2D eigenvalue weighted by atomic mass is 9.92. The van der Waals surface area contributed by atoms with Crippen molar-refractivity contribution in [1.82, 2.24) is 0 Å². The summed E-state index contributed by atoms with van der Waals surface area (Å²) in [5.41, 5.74) is 1.01. The lowest BCUT2D eigenvalue weighted by molar-refractivity contribution is -0.149. The fourth-order valence-corrected chi connectivity index (χ4v) is 2.66. The number of para-hydroxylation sites is 2. The number of fused-ring (bicyclic) bond motifs is 1. The van der Waals surface area contributed by atoms with Crippen LogP contribution in [0.3, 0.4) is 0 Å². The number of nitrogens with zero attached hydrogens (tertiary/aromatic N) is 1. The number of hydrogen-bond acceptors (Lipinski definition) is 4. The van der Waals surface area contributed by atoms with Gasteiger partial charge in [-0.05, 0) is 24.5 Å². The number of carbonyl (C=O) groups is 3. The van der Waals surface area contributed by atoms with Crippen LogP contribution in [0, 0.1) is 5.41 Å². The van der Waals surface area contributed by atoms with Gasteiger partial charge in [-0.25, -0.2) is 0 Å². The van der Waals surface area contributed by atoms with E-state index in [1.807, 2.05) is 20.8 Å². The summed E-state index contributed by atoms with van der Waals surface area (Å²) >= 11 is 0. The Morgan fingerprint density at radius 2 is 1.96 bits per heavy atom. The maximum absolute atomic E-state index is 12.6. The average Bonchev–Trinajstić information content (AvgIpc) is 2.57. The van der Waals surface area contributed by atoms with Gasteiger partial charge in [0.2, 0.25) is 5.91 Å². The Labute approximate surface area is 142 Å². The maximum atomic E-state index is 12.6. The van der Waals surface area contributed by atoms with Crippen molar-refractivity contribution < 1.29 is 19.1 Å². The number of ether oxygens (including phenoxy) is 1. The van der Waals surface area contributed by atoms with E-state index in [2.05, 4.69) is 5.32 Å². The molecule has 0 bridgehead atoms. The van der Waals surface area contributed by atoms with Crippen LogP contribution in [0.4, 0.5) is 11.4 Å². The smallest absolute Gasteiger partial charge is 0.306 e. The normalized spacial score (nSPS) is 17.6. The fourth-order valence-electron chi connectivity index (χ4n) is 2.66. The first-order valence-corrected chi connectivity index (χ1v) is 8.04. The molecule has 1 N–H and O–H groups in total. The molecule has 1 heterocycles. The monoisotopic (exact) mass is 332 g/mol. The highest BCUT2D eigenvalue weighted by Crippen LogP contribution is 2.31. The topological polar surface area (TPSA) is 75.7 Å². The van der Waals surface area contributed by atoms with Gasteiger partial charge in [-0.1, -0.05) is 32.9 Å². The number of rotatable bonds is 3. The van der Waals surface area contributed by atoms with Crippen molar-refractivity contribution in [2.24, 2.45) is 5.41 Å². The first kappa shape index (κ1) is 18.0. The third kappa shape index (κ3) is 4.57. The molecular weight excluding hydrogens is 308 g/mol. The van der Waals surface area contributed by atoms with Crippen molar-refractivity contribution in [1.29, 1.82) is 0 Å². The summed E-state index contributed by atoms with van der Waals surface area (Å²) in [5.74, 6) is -0.885. The van der Waals surface area contributed by atoms with E-state index < -0.39 is 5.97 Å². The van der Waals surface area contributed by atoms with Gasteiger partial charge in [0, 0.05) is 12.5 Å². The molecular formula is C18H24N2O4. The van der Waals surface area contributed by atoms with Gasteiger partial charge in [-0.3, -0.25) is 14.4 Å². The Bertz CT molecular complexity index is 649. The number of amides is 2. The summed E-state index contributed by atoms with van der Waals surface area (Å²) in [7, 11) is 0. The zero-order valence-corrected chi connectivity index (χ0v) is 14.6. The van der Waals surface area contributed by atoms with Crippen LogP contribution in [0.1, 0.15) is 40.5 Å². The highest BCUT2D eigenvalue weighted by molar-refractivity contribution is 6.05. The third-order valence-electron chi connectivity index (χ3n) is 3.66. The Morgan fingerprint density at radius 1 is 1.29 bits per heavy atom. The van der Waals surface area contributed by atoms with Crippen molar-refractivity contribution in [3.8, 4) is 0 Å². The Kier molecular flexibility index (Phi) is 5.26. The molecule has 1 aliphatic heterocycles. The van der Waals surface area contributed by atoms with E-state index in [1.54, 1.807) is 31.2 Å². The second-order valence-corrected chi connectivity index (χ2v) is 7.28. The fraction of sp³-hybridized carbons (Fsp3) is 0.500. The zero-order valence-electron chi connectivity index (χ0n) is 14.6. The van der Waals surface area contributed by atoms with Gasteiger partial charge >= 0.3 is 5.97 Å². The molecule has 2 amide bonds. The summed E-state index contributed by atoms with van der Waals surface area (Å²) in [6.45, 7) is 7.26. The number of carbonyl (C=O) groups excluding carboxylic acids is 3. The number of esters is 1. The van der Waals surface area contributed by atoms with Crippen LogP contribution < -0.4 is 10.2 Å². The molecule has 1 aromatic carbocycles. The van der Waals surface area contributed by atoms with Crippen molar-refractivity contribution in [2.45, 2.75) is 46.6 Å². The second kappa shape index (κ2) is 7.03. The molecule has 0 aliphatic carbocycles. The molecule has 0 saturated carbocycles. The Hall–Kier alpha value is -2.37. The van der Waals surface area contributed by atoms with Crippen LogP contribution in [-0.4, -0.2) is 30.4 Å². The van der Waals surface area contributed by atoms with Crippen LogP contribution >= 0.6 is 0 Å². The molecule has 1 aliphatic rings. The minimum absolute atomic E-state index is 0.144. The molecule has 130 valence electrons. The van der Waals surface area contributed by atoms with E-state index in [1.165, 1.54) is 4.90 Å². The van der Waals surface area contributed by atoms with Gasteiger partial charge in [0.25, 0.3) is 5.91 Å². The molecule has 2 rings (SSSR count). The van der Waals surface area contributed by atoms with E-state index >= 15 is 0 Å². The second-order valence-electron chi connectivity index (χ2n) is 7.28. The lowest BCUT2D eigenvalue weighted by Crippen LogP contribution is -2.41. The highest BCUT2D eigenvalue weighted by atomic mass is 16.5. The molecule has 0 radical (unpaired) electrons. The minimum Gasteiger partial charge on any atom is -0.456 e. The third-order valence-corrected chi connectivity index (χ3v) is 3.66. The van der Waals surface area contributed by atoms with Gasteiger partial charge in [0.1, 0.15) is 0 Å². The predicted octanol–water partition coefficient (Wildman–Crippen LogP) is 2.73. The SMILES string of the molecule is C[C@H]1CC(=O)Nc2ccccc2N1C(=O)COC(=O)CC(C)(C)C. The molecule has 0 unspecified atom stereocenters. The maximum Gasteiger partial charge on any atom is 0.306 e. The average molecular weight is 332 g/mol. The van der Waals surface area contributed by atoms with Gasteiger partial charge < -0.3 is 15.0 Å². The number of nitrogens with one attached hydrogen (secondary N) is 1. The van der Waals surface area contributed by atoms with Crippen molar-refractivity contribution >= 4 is 29.2 Å². The Morgan fingerprint density at radius 3 is 2.62 bits per heavy atom. The molecule has 1 aromatic rings. The van der Waals surface area contributed by atoms with Crippen molar-refractivity contribution in [3.63, 3.8) is 0 Å². The van der Waals surface area contributed by atoms with E-state index in [-0.39, 0.29) is 42.7 Å². The molecule has 0 saturated heterocycles. The Balaban J connectivity index is 2.13. The molecule has 6 nitrogen and oxygen atoms in total. The number of hydrogen-bond donors (Lipinski definition) is 1. The number of benzene rings is 1. The van der Waals surface area contributed by atoms with Crippen LogP contribution in [0.25, 0.3) is 0 Å². The van der Waals surface area contributed by atoms with Gasteiger partial charge in [-0.2, -0.15) is 0 Å². The molecule has 0 aromatic heterocycles. The van der Waals surface area contributed by atoms with Crippen molar-refractivity contribution in [2.75, 3.05) is 16.8 Å².